The predicted octanol–water partition coefficient (Wildman–Crippen LogP) is 5.29. The maximum absolute atomic E-state index is 5.37. The zero-order chi connectivity index (χ0) is 17.5. The van der Waals surface area contributed by atoms with Crippen LogP contribution in [0.25, 0.3) is 37.7 Å². The fraction of sp³-hybridized carbons (Fsp3) is 0.0476. The first kappa shape index (κ1) is 15.1. The highest BCUT2D eigenvalue weighted by atomic mass is 32.1. The number of methoxy groups -OCH3 is 1. The minimum atomic E-state index is 0.855. The van der Waals surface area contributed by atoms with Crippen molar-refractivity contribution in [1.82, 2.24) is 14.4 Å². The van der Waals surface area contributed by atoms with Gasteiger partial charge in [0, 0.05) is 23.5 Å². The lowest BCUT2D eigenvalue weighted by Crippen LogP contribution is -1.90. The number of nitrogens with zero attached hydrogens (tertiary/aromatic N) is 3. The summed E-state index contributed by atoms with van der Waals surface area (Å²) in [5.74, 6) is 0.855. The van der Waals surface area contributed by atoms with E-state index >= 15 is 0 Å². The summed E-state index contributed by atoms with van der Waals surface area (Å²) in [6.07, 6.45) is 3.68. The Labute approximate surface area is 154 Å². The molecule has 5 heteroatoms. The van der Waals surface area contributed by atoms with Crippen molar-refractivity contribution in [2.45, 2.75) is 0 Å². The number of aromatic nitrogens is 3. The largest absolute Gasteiger partial charge is 0.497 e. The Balaban J connectivity index is 1.88. The van der Waals surface area contributed by atoms with Gasteiger partial charge in [0.1, 0.15) is 5.75 Å². The summed E-state index contributed by atoms with van der Waals surface area (Å²) < 4.78 is 8.74. The van der Waals surface area contributed by atoms with Crippen LogP contribution in [0.5, 0.6) is 5.75 Å². The molecule has 0 saturated heterocycles. The summed E-state index contributed by atoms with van der Waals surface area (Å²) >= 11 is 1.67. The van der Waals surface area contributed by atoms with Gasteiger partial charge in [0.05, 0.1) is 28.7 Å². The molecule has 0 amide bonds. The molecule has 5 aromatic rings. The molecule has 0 fully saturated rings. The zero-order valence-electron chi connectivity index (χ0n) is 14.1. The molecular formula is C21H15N3OS. The average Bonchev–Trinajstić information content (AvgIpc) is 3.24. The summed E-state index contributed by atoms with van der Waals surface area (Å²) in [6, 6.07) is 20.5. The van der Waals surface area contributed by atoms with Gasteiger partial charge in [-0.05, 0) is 30.3 Å². The van der Waals surface area contributed by atoms with Crippen molar-refractivity contribution in [2.24, 2.45) is 0 Å². The van der Waals surface area contributed by atoms with Gasteiger partial charge in [0.2, 0.25) is 0 Å². The summed E-state index contributed by atoms with van der Waals surface area (Å²) in [7, 11) is 1.69. The molecule has 0 aliphatic heterocycles. The van der Waals surface area contributed by atoms with Crippen molar-refractivity contribution < 1.29 is 4.74 Å². The second-order valence-electron chi connectivity index (χ2n) is 5.97. The van der Waals surface area contributed by atoms with Crippen molar-refractivity contribution in [2.75, 3.05) is 7.11 Å². The van der Waals surface area contributed by atoms with E-state index in [1.165, 1.54) is 0 Å². The summed E-state index contributed by atoms with van der Waals surface area (Å²) in [5.41, 5.74) is 5.32. The Morgan fingerprint density at radius 3 is 2.58 bits per heavy atom. The van der Waals surface area contributed by atoms with Gasteiger partial charge in [-0.15, -0.1) is 0 Å². The Hall–Kier alpha value is -3.18. The highest BCUT2D eigenvalue weighted by Crippen LogP contribution is 2.38. The number of hydrogen-bond donors (Lipinski definition) is 0. The molecule has 0 saturated carbocycles. The lowest BCUT2D eigenvalue weighted by Gasteiger charge is -2.06. The molecule has 126 valence electrons. The lowest BCUT2D eigenvalue weighted by molar-refractivity contribution is 0.415. The van der Waals surface area contributed by atoms with E-state index in [1.54, 1.807) is 24.6 Å². The molecule has 0 aliphatic rings. The molecule has 5 rings (SSSR count). The van der Waals surface area contributed by atoms with E-state index in [4.69, 9.17) is 9.72 Å². The van der Waals surface area contributed by atoms with Crippen molar-refractivity contribution in [3.63, 3.8) is 0 Å². The molecule has 0 unspecified atom stereocenters. The van der Waals surface area contributed by atoms with Gasteiger partial charge in [-0.25, -0.2) is 4.98 Å². The van der Waals surface area contributed by atoms with Crippen molar-refractivity contribution in [1.29, 1.82) is 0 Å². The number of benzene rings is 2. The number of fused-ring (bicyclic) bond motifs is 3. The molecule has 3 heterocycles. The van der Waals surface area contributed by atoms with Gasteiger partial charge in [-0.2, -0.15) is 0 Å². The summed E-state index contributed by atoms with van der Waals surface area (Å²) in [6.45, 7) is 0. The van der Waals surface area contributed by atoms with Crippen molar-refractivity contribution >= 4 is 26.5 Å². The van der Waals surface area contributed by atoms with Crippen LogP contribution >= 0.6 is 11.3 Å². The molecule has 0 aliphatic carbocycles. The first-order valence-electron chi connectivity index (χ1n) is 8.30. The monoisotopic (exact) mass is 357 g/mol. The number of ether oxygens (including phenoxy) is 1. The second kappa shape index (κ2) is 5.97. The fourth-order valence-corrected chi connectivity index (χ4v) is 4.30. The molecule has 0 N–H and O–H groups in total. The Bertz CT molecular complexity index is 1210. The fourth-order valence-electron chi connectivity index (χ4n) is 3.24. The molecule has 0 bridgehead atoms. The number of imidazole rings is 1. The minimum Gasteiger partial charge on any atom is -0.497 e. The van der Waals surface area contributed by atoms with E-state index in [0.29, 0.717) is 0 Å². The van der Waals surface area contributed by atoms with Crippen LogP contribution in [0.4, 0.5) is 0 Å². The number of rotatable bonds is 3. The van der Waals surface area contributed by atoms with Crippen molar-refractivity contribution in [3.8, 4) is 28.3 Å². The quantitative estimate of drug-likeness (QED) is 0.441. The lowest BCUT2D eigenvalue weighted by atomic mass is 10.1. The predicted molar refractivity (Wildman–Crippen MR) is 106 cm³/mol. The standard InChI is InChI=1S/C21H15N3OS/c1-25-16-9-10-17-18(12-16)26-21-23-19(14-6-3-2-4-7-14)20(24(17)21)15-8-5-11-22-13-15/h2-13H,1H3. The SMILES string of the molecule is COc1ccc2c(c1)sc1nc(-c3ccccc3)c(-c3cccnc3)n12. The number of pyridine rings is 1. The van der Waals surface area contributed by atoms with Gasteiger partial charge in [0.15, 0.2) is 4.96 Å². The summed E-state index contributed by atoms with van der Waals surface area (Å²) in [5, 5.41) is 0. The molecule has 26 heavy (non-hydrogen) atoms. The van der Waals surface area contributed by atoms with Crippen LogP contribution in [-0.2, 0) is 0 Å². The molecule has 4 nitrogen and oxygen atoms in total. The third-order valence-electron chi connectivity index (χ3n) is 4.44. The van der Waals surface area contributed by atoms with Crippen LogP contribution in [0, 0.1) is 0 Å². The van der Waals surface area contributed by atoms with Gasteiger partial charge in [0.25, 0.3) is 0 Å². The van der Waals surface area contributed by atoms with Crippen molar-refractivity contribution in [3.05, 3.63) is 73.1 Å². The second-order valence-corrected chi connectivity index (χ2v) is 6.98. The van der Waals surface area contributed by atoms with E-state index in [2.05, 4.69) is 39.7 Å². The molecule has 3 aromatic heterocycles. The highest BCUT2D eigenvalue weighted by Gasteiger charge is 2.19. The maximum atomic E-state index is 5.37. The van der Waals surface area contributed by atoms with Crippen LogP contribution in [-0.4, -0.2) is 21.5 Å². The summed E-state index contributed by atoms with van der Waals surface area (Å²) in [4.78, 5) is 10.2. The van der Waals surface area contributed by atoms with E-state index in [0.717, 1.165) is 43.4 Å². The smallest absolute Gasteiger partial charge is 0.195 e. The molecule has 0 radical (unpaired) electrons. The van der Waals surface area contributed by atoms with Crippen LogP contribution in [0.1, 0.15) is 0 Å². The normalized spacial score (nSPS) is 11.3. The van der Waals surface area contributed by atoms with Gasteiger partial charge in [-0.3, -0.25) is 9.38 Å². The molecular weight excluding hydrogens is 342 g/mol. The Kier molecular flexibility index (Phi) is 3.47. The molecule has 0 atom stereocenters. The van der Waals surface area contributed by atoms with Crippen LogP contribution in [0.2, 0.25) is 0 Å². The number of thiazole rings is 1. The van der Waals surface area contributed by atoms with Crippen LogP contribution in [0.15, 0.2) is 73.1 Å². The van der Waals surface area contributed by atoms with Crippen LogP contribution in [0.3, 0.4) is 0 Å². The number of hydrogen-bond acceptors (Lipinski definition) is 4. The zero-order valence-corrected chi connectivity index (χ0v) is 14.9. The van der Waals surface area contributed by atoms with Gasteiger partial charge < -0.3 is 4.74 Å². The molecule has 0 spiro atoms. The van der Waals surface area contributed by atoms with Crippen LogP contribution < -0.4 is 4.74 Å². The Morgan fingerprint density at radius 1 is 0.962 bits per heavy atom. The molecule has 2 aromatic carbocycles. The highest BCUT2D eigenvalue weighted by molar-refractivity contribution is 7.23. The third-order valence-corrected chi connectivity index (χ3v) is 5.44. The van der Waals surface area contributed by atoms with E-state index in [9.17, 15) is 0 Å². The van der Waals surface area contributed by atoms with E-state index in [1.807, 2.05) is 36.5 Å². The first-order chi connectivity index (χ1) is 12.8. The van der Waals surface area contributed by atoms with E-state index < -0.39 is 0 Å². The van der Waals surface area contributed by atoms with Gasteiger partial charge >= 0.3 is 0 Å². The maximum Gasteiger partial charge on any atom is 0.195 e. The minimum absolute atomic E-state index is 0.855. The topological polar surface area (TPSA) is 39.4 Å². The first-order valence-corrected chi connectivity index (χ1v) is 9.11. The Morgan fingerprint density at radius 2 is 1.81 bits per heavy atom. The van der Waals surface area contributed by atoms with Gasteiger partial charge in [-0.1, -0.05) is 41.7 Å². The van der Waals surface area contributed by atoms with E-state index in [-0.39, 0.29) is 0 Å². The average molecular weight is 357 g/mol. The third kappa shape index (κ3) is 2.29.